The van der Waals surface area contributed by atoms with E-state index in [1.54, 1.807) is 20.2 Å². The number of carbonyl (C=O) groups is 1. The monoisotopic (exact) mass is 342 g/mol. The zero-order valence-corrected chi connectivity index (χ0v) is 13.9. The summed E-state index contributed by atoms with van der Waals surface area (Å²) in [6.07, 6.45) is 0.442. The van der Waals surface area contributed by atoms with Gasteiger partial charge in [0.2, 0.25) is 0 Å². The third-order valence-electron chi connectivity index (χ3n) is 3.79. The fraction of sp³-hybridized carbons (Fsp3) is 0.250. The smallest absolute Gasteiger partial charge is 0.343 e. The maximum atomic E-state index is 12.2. The van der Waals surface area contributed by atoms with E-state index in [-0.39, 0.29) is 11.6 Å². The van der Waals surface area contributed by atoms with E-state index in [0.717, 1.165) is 11.3 Å². The zero-order valence-electron chi connectivity index (χ0n) is 13.9. The molecule has 0 unspecified atom stereocenters. The molecule has 9 heteroatoms. The molecule has 3 N–H and O–H groups in total. The molecule has 0 aliphatic rings. The Morgan fingerprint density at radius 2 is 2.12 bits per heavy atom. The van der Waals surface area contributed by atoms with Crippen molar-refractivity contribution in [2.75, 3.05) is 13.7 Å². The van der Waals surface area contributed by atoms with Crippen LogP contribution in [0.25, 0.3) is 11.3 Å². The number of rotatable bonds is 6. The molecule has 9 nitrogen and oxygen atoms in total. The molecular formula is C16H18N6O3. The summed E-state index contributed by atoms with van der Waals surface area (Å²) in [6, 6.07) is 9.10. The van der Waals surface area contributed by atoms with Crippen molar-refractivity contribution in [1.82, 2.24) is 30.3 Å². The maximum Gasteiger partial charge on any atom is 0.343 e. The van der Waals surface area contributed by atoms with Crippen LogP contribution in [-0.2, 0) is 13.5 Å². The van der Waals surface area contributed by atoms with Gasteiger partial charge in [-0.25, -0.2) is 9.89 Å². The molecule has 0 saturated carbocycles. The molecule has 130 valence electrons. The third kappa shape index (κ3) is 3.60. The maximum absolute atomic E-state index is 12.2. The highest BCUT2D eigenvalue weighted by atomic mass is 16.5. The SMILES string of the molecule is COc1cccc(-c2cc(C(=O)NCCc3n[nH]c(=O)n3C)[nH]n2)c1. The van der Waals surface area contributed by atoms with Gasteiger partial charge in [0.1, 0.15) is 17.3 Å². The number of methoxy groups -OCH3 is 1. The third-order valence-corrected chi connectivity index (χ3v) is 3.79. The highest BCUT2D eigenvalue weighted by Crippen LogP contribution is 2.22. The number of H-pyrrole nitrogens is 2. The summed E-state index contributed by atoms with van der Waals surface area (Å²) >= 11 is 0. The van der Waals surface area contributed by atoms with Crippen molar-refractivity contribution in [1.29, 1.82) is 0 Å². The molecule has 3 rings (SSSR count). The van der Waals surface area contributed by atoms with Gasteiger partial charge in [0.15, 0.2) is 0 Å². The molecule has 0 radical (unpaired) electrons. The molecule has 0 aliphatic carbocycles. The number of nitrogens with zero attached hydrogens (tertiary/aromatic N) is 3. The fourth-order valence-electron chi connectivity index (χ4n) is 2.35. The minimum Gasteiger partial charge on any atom is -0.497 e. The first-order chi connectivity index (χ1) is 12.1. The first kappa shape index (κ1) is 16.5. The van der Waals surface area contributed by atoms with Crippen LogP contribution < -0.4 is 15.7 Å². The van der Waals surface area contributed by atoms with Crippen LogP contribution in [0.2, 0.25) is 0 Å². The lowest BCUT2D eigenvalue weighted by Crippen LogP contribution is -2.27. The molecule has 0 saturated heterocycles. The minimum atomic E-state index is -0.280. The van der Waals surface area contributed by atoms with Gasteiger partial charge in [0, 0.05) is 25.6 Å². The van der Waals surface area contributed by atoms with Crippen LogP contribution in [0.15, 0.2) is 35.1 Å². The van der Waals surface area contributed by atoms with Crippen LogP contribution in [0.3, 0.4) is 0 Å². The van der Waals surface area contributed by atoms with Crippen LogP contribution in [0.5, 0.6) is 5.75 Å². The highest BCUT2D eigenvalue weighted by Gasteiger charge is 2.12. The molecule has 3 aromatic rings. The van der Waals surface area contributed by atoms with Crippen LogP contribution >= 0.6 is 0 Å². The van der Waals surface area contributed by atoms with E-state index in [1.807, 2.05) is 24.3 Å². The lowest BCUT2D eigenvalue weighted by molar-refractivity contribution is 0.0949. The minimum absolute atomic E-state index is 0.276. The number of ether oxygens (including phenoxy) is 1. The van der Waals surface area contributed by atoms with Crippen molar-refractivity contribution in [3.63, 3.8) is 0 Å². The standard InChI is InChI=1S/C16H18N6O3/c1-22-14(20-21-16(22)24)6-7-17-15(23)13-9-12(18-19-13)10-4-3-5-11(8-10)25-2/h3-5,8-9H,6-7H2,1-2H3,(H,17,23)(H,18,19)(H,21,24). The molecule has 0 aliphatic heterocycles. The summed E-state index contributed by atoms with van der Waals surface area (Å²) in [5, 5.41) is 15.9. The quantitative estimate of drug-likeness (QED) is 0.602. The van der Waals surface area contributed by atoms with Crippen LogP contribution in [-0.4, -0.2) is 44.5 Å². The lowest BCUT2D eigenvalue weighted by atomic mass is 10.1. The van der Waals surface area contributed by atoms with Gasteiger partial charge >= 0.3 is 5.69 Å². The molecule has 1 aromatic carbocycles. The topological polar surface area (TPSA) is 118 Å². The molecule has 0 spiro atoms. The Labute approximate surface area is 143 Å². The van der Waals surface area contributed by atoms with E-state index in [4.69, 9.17) is 4.74 Å². The lowest BCUT2D eigenvalue weighted by Gasteiger charge is -2.02. The van der Waals surface area contributed by atoms with Gasteiger partial charge in [-0.05, 0) is 18.2 Å². The Hall–Kier alpha value is -3.36. The van der Waals surface area contributed by atoms with Crippen molar-refractivity contribution in [2.24, 2.45) is 7.05 Å². The molecule has 0 fully saturated rings. The summed E-state index contributed by atoms with van der Waals surface area (Å²) in [6.45, 7) is 0.352. The second-order valence-corrected chi connectivity index (χ2v) is 5.41. The van der Waals surface area contributed by atoms with Crippen LogP contribution in [0.1, 0.15) is 16.3 Å². The van der Waals surface area contributed by atoms with Crippen LogP contribution in [0, 0.1) is 0 Å². The van der Waals surface area contributed by atoms with Gasteiger partial charge < -0.3 is 10.1 Å². The predicted molar refractivity (Wildman–Crippen MR) is 90.4 cm³/mol. The molecule has 2 aromatic heterocycles. The summed E-state index contributed by atoms with van der Waals surface area (Å²) in [5.74, 6) is 1.02. The van der Waals surface area contributed by atoms with Crippen molar-refractivity contribution in [3.8, 4) is 17.0 Å². The zero-order chi connectivity index (χ0) is 17.8. The van der Waals surface area contributed by atoms with Gasteiger partial charge in [-0.15, -0.1) is 0 Å². The average molecular weight is 342 g/mol. The number of carbonyl (C=O) groups excluding carboxylic acids is 1. The second-order valence-electron chi connectivity index (χ2n) is 5.41. The largest absolute Gasteiger partial charge is 0.497 e. The Balaban J connectivity index is 1.62. The van der Waals surface area contributed by atoms with E-state index in [0.29, 0.717) is 30.2 Å². The van der Waals surface area contributed by atoms with Gasteiger partial charge in [-0.2, -0.15) is 10.2 Å². The fourth-order valence-corrected chi connectivity index (χ4v) is 2.35. The Morgan fingerprint density at radius 3 is 2.84 bits per heavy atom. The molecule has 2 heterocycles. The number of hydrogen-bond acceptors (Lipinski definition) is 5. The molecule has 0 atom stereocenters. The van der Waals surface area contributed by atoms with E-state index < -0.39 is 0 Å². The first-order valence-electron chi connectivity index (χ1n) is 7.67. The molecular weight excluding hydrogens is 324 g/mol. The normalized spacial score (nSPS) is 10.6. The number of benzene rings is 1. The van der Waals surface area contributed by atoms with Crippen molar-refractivity contribution >= 4 is 5.91 Å². The Bertz CT molecular complexity index is 939. The van der Waals surface area contributed by atoms with E-state index in [9.17, 15) is 9.59 Å². The second kappa shape index (κ2) is 7.04. The predicted octanol–water partition coefficient (Wildman–Crippen LogP) is 0.480. The summed E-state index contributed by atoms with van der Waals surface area (Å²) in [4.78, 5) is 23.5. The number of nitrogens with one attached hydrogen (secondary N) is 3. The van der Waals surface area contributed by atoms with Gasteiger partial charge in [-0.1, -0.05) is 12.1 Å². The molecule has 1 amide bonds. The Kier molecular flexibility index (Phi) is 4.64. The van der Waals surface area contributed by atoms with E-state index in [2.05, 4.69) is 25.7 Å². The van der Waals surface area contributed by atoms with E-state index in [1.165, 1.54) is 4.57 Å². The summed E-state index contributed by atoms with van der Waals surface area (Å²) in [5.41, 5.74) is 1.58. The van der Waals surface area contributed by atoms with Gasteiger partial charge in [0.05, 0.1) is 12.8 Å². The summed E-state index contributed by atoms with van der Waals surface area (Å²) < 4.78 is 6.59. The van der Waals surface area contributed by atoms with Crippen molar-refractivity contribution in [3.05, 3.63) is 52.3 Å². The number of aromatic amines is 2. The van der Waals surface area contributed by atoms with Crippen molar-refractivity contribution in [2.45, 2.75) is 6.42 Å². The highest BCUT2D eigenvalue weighted by molar-refractivity contribution is 5.93. The van der Waals surface area contributed by atoms with Crippen molar-refractivity contribution < 1.29 is 9.53 Å². The van der Waals surface area contributed by atoms with E-state index >= 15 is 0 Å². The Morgan fingerprint density at radius 1 is 1.28 bits per heavy atom. The molecule has 25 heavy (non-hydrogen) atoms. The van der Waals surface area contributed by atoms with Gasteiger partial charge in [0.25, 0.3) is 5.91 Å². The summed E-state index contributed by atoms with van der Waals surface area (Å²) in [7, 11) is 3.22. The number of hydrogen-bond donors (Lipinski definition) is 3. The van der Waals surface area contributed by atoms with Crippen LogP contribution in [0.4, 0.5) is 0 Å². The first-order valence-corrected chi connectivity index (χ1v) is 7.67. The number of amides is 1. The number of aromatic nitrogens is 5. The van der Waals surface area contributed by atoms with Gasteiger partial charge in [-0.3, -0.25) is 14.5 Å². The molecule has 0 bridgehead atoms. The average Bonchev–Trinajstić information content (AvgIpc) is 3.24.